The van der Waals surface area contributed by atoms with E-state index in [1.54, 1.807) is 25.4 Å². The Morgan fingerprint density at radius 2 is 2.00 bits per heavy atom. The molecule has 110 valence electrons. The van der Waals surface area contributed by atoms with Gasteiger partial charge in [0.25, 0.3) is 11.5 Å². The molecular weight excluding hydrogens is 336 g/mol. The van der Waals surface area contributed by atoms with E-state index in [1.165, 1.54) is 4.68 Å². The number of nitrogens with zero attached hydrogens (tertiary/aromatic N) is 2. The van der Waals surface area contributed by atoms with Gasteiger partial charge in [-0.15, -0.1) is 0 Å². The average molecular weight is 351 g/mol. The van der Waals surface area contributed by atoms with E-state index in [2.05, 4.69) is 31.7 Å². The van der Waals surface area contributed by atoms with Gasteiger partial charge < -0.3 is 10.6 Å². The summed E-state index contributed by atoms with van der Waals surface area (Å²) in [5.74, 6) is -0.126. The van der Waals surface area contributed by atoms with Crippen molar-refractivity contribution in [3.05, 3.63) is 56.9 Å². The lowest BCUT2D eigenvalue weighted by Crippen LogP contribution is -2.29. The van der Waals surface area contributed by atoms with Gasteiger partial charge in [-0.1, -0.05) is 18.2 Å². The second-order valence-corrected chi connectivity index (χ2v) is 5.14. The Bertz CT molecular complexity index is 685. The number of halogens is 1. The normalized spacial score (nSPS) is 10.2. The third-order valence-electron chi connectivity index (χ3n) is 2.84. The lowest BCUT2D eigenvalue weighted by molar-refractivity contribution is 0.0955. The fourth-order valence-corrected chi connectivity index (χ4v) is 2.20. The predicted molar refractivity (Wildman–Crippen MR) is 84.4 cm³/mol. The third-order valence-corrected chi connectivity index (χ3v) is 3.61. The Morgan fingerprint density at radius 1 is 1.29 bits per heavy atom. The van der Waals surface area contributed by atoms with Crippen LogP contribution in [0, 0.1) is 0 Å². The number of amides is 1. The minimum Gasteiger partial charge on any atom is -0.381 e. The molecule has 2 N–H and O–H groups in total. The van der Waals surface area contributed by atoms with Gasteiger partial charge >= 0.3 is 0 Å². The lowest BCUT2D eigenvalue weighted by Gasteiger charge is -2.09. The highest BCUT2D eigenvalue weighted by Gasteiger charge is 2.07. The highest BCUT2D eigenvalue weighted by molar-refractivity contribution is 9.10. The van der Waals surface area contributed by atoms with Gasteiger partial charge in [0.1, 0.15) is 4.47 Å². The number of aryl methyl sites for hydroxylation is 1. The van der Waals surface area contributed by atoms with Crippen LogP contribution in [0.15, 0.2) is 45.8 Å². The van der Waals surface area contributed by atoms with Gasteiger partial charge in [-0.2, -0.15) is 5.10 Å². The van der Waals surface area contributed by atoms with Crippen molar-refractivity contribution in [2.75, 3.05) is 18.4 Å². The molecule has 0 saturated heterocycles. The van der Waals surface area contributed by atoms with Crippen molar-refractivity contribution in [1.82, 2.24) is 15.1 Å². The van der Waals surface area contributed by atoms with Gasteiger partial charge in [-0.05, 0) is 28.1 Å². The van der Waals surface area contributed by atoms with Crippen LogP contribution in [-0.4, -0.2) is 28.8 Å². The van der Waals surface area contributed by atoms with Crippen molar-refractivity contribution in [2.45, 2.75) is 0 Å². The van der Waals surface area contributed by atoms with Crippen molar-refractivity contribution in [2.24, 2.45) is 7.05 Å². The Labute approximate surface area is 130 Å². The summed E-state index contributed by atoms with van der Waals surface area (Å²) in [5, 5.41) is 9.77. The topological polar surface area (TPSA) is 76.0 Å². The maximum atomic E-state index is 11.8. The van der Waals surface area contributed by atoms with E-state index in [1.807, 2.05) is 18.2 Å². The van der Waals surface area contributed by atoms with Crippen LogP contribution >= 0.6 is 15.9 Å². The summed E-state index contributed by atoms with van der Waals surface area (Å²) in [7, 11) is 1.58. The number of aromatic nitrogens is 2. The molecule has 2 aromatic rings. The summed E-state index contributed by atoms with van der Waals surface area (Å²) in [4.78, 5) is 23.5. The maximum absolute atomic E-state index is 11.8. The molecule has 0 fully saturated rings. The molecule has 0 spiro atoms. The zero-order valence-corrected chi connectivity index (χ0v) is 13.1. The molecule has 1 aromatic carbocycles. The Hall–Kier alpha value is -2.15. The molecule has 6 nitrogen and oxygen atoms in total. The summed E-state index contributed by atoms with van der Waals surface area (Å²) >= 11 is 3.23. The van der Waals surface area contributed by atoms with Gasteiger partial charge in [0.05, 0.1) is 11.9 Å². The number of nitrogens with one attached hydrogen (secondary N) is 2. The van der Waals surface area contributed by atoms with Crippen molar-refractivity contribution in [1.29, 1.82) is 0 Å². The summed E-state index contributed by atoms with van der Waals surface area (Å²) in [5.41, 5.74) is 1.01. The highest BCUT2D eigenvalue weighted by Crippen LogP contribution is 2.14. The number of anilines is 1. The number of rotatable bonds is 5. The van der Waals surface area contributed by atoms with E-state index in [0.717, 1.165) is 0 Å². The first-order chi connectivity index (χ1) is 10.1. The minimum atomic E-state index is -0.215. The van der Waals surface area contributed by atoms with E-state index in [9.17, 15) is 9.59 Å². The summed E-state index contributed by atoms with van der Waals surface area (Å²) < 4.78 is 1.67. The Kier molecular flexibility index (Phi) is 5.10. The zero-order valence-electron chi connectivity index (χ0n) is 11.5. The van der Waals surface area contributed by atoms with Crippen LogP contribution in [0.4, 0.5) is 5.69 Å². The average Bonchev–Trinajstić information content (AvgIpc) is 2.51. The molecule has 0 saturated carbocycles. The molecule has 0 aliphatic rings. The minimum absolute atomic E-state index is 0.126. The van der Waals surface area contributed by atoms with Gasteiger partial charge in [-0.3, -0.25) is 9.59 Å². The number of carbonyl (C=O) groups excluding carboxylic acids is 1. The van der Waals surface area contributed by atoms with Crippen LogP contribution in [0.2, 0.25) is 0 Å². The number of hydrogen-bond donors (Lipinski definition) is 2. The number of benzene rings is 1. The van der Waals surface area contributed by atoms with Gasteiger partial charge in [0, 0.05) is 25.7 Å². The maximum Gasteiger partial charge on any atom is 0.282 e. The summed E-state index contributed by atoms with van der Waals surface area (Å²) in [6.07, 6.45) is 1.56. The number of hydrogen-bond acceptors (Lipinski definition) is 4. The molecular formula is C14H15BrN4O2. The van der Waals surface area contributed by atoms with E-state index in [-0.39, 0.29) is 11.5 Å². The SMILES string of the molecule is Cn1ncc(NCCNC(=O)c2ccccc2)c(Br)c1=O. The van der Waals surface area contributed by atoms with E-state index >= 15 is 0 Å². The van der Waals surface area contributed by atoms with Crippen molar-refractivity contribution in [3.63, 3.8) is 0 Å². The molecule has 0 bridgehead atoms. The third kappa shape index (κ3) is 3.91. The van der Waals surface area contributed by atoms with Crippen LogP contribution in [0.5, 0.6) is 0 Å². The number of carbonyl (C=O) groups is 1. The molecule has 0 aliphatic heterocycles. The van der Waals surface area contributed by atoms with E-state index in [4.69, 9.17) is 0 Å². The molecule has 1 amide bonds. The molecule has 0 unspecified atom stereocenters. The van der Waals surface area contributed by atoms with Gasteiger partial charge in [0.15, 0.2) is 0 Å². The second kappa shape index (κ2) is 7.03. The molecule has 21 heavy (non-hydrogen) atoms. The first kappa shape index (κ1) is 15.2. The fourth-order valence-electron chi connectivity index (χ4n) is 1.70. The Balaban J connectivity index is 1.84. The molecule has 0 aliphatic carbocycles. The van der Waals surface area contributed by atoms with Crippen LogP contribution < -0.4 is 16.2 Å². The van der Waals surface area contributed by atoms with E-state index in [0.29, 0.717) is 28.8 Å². The first-order valence-electron chi connectivity index (χ1n) is 6.38. The van der Waals surface area contributed by atoms with Gasteiger partial charge in [-0.25, -0.2) is 4.68 Å². The molecule has 0 radical (unpaired) electrons. The van der Waals surface area contributed by atoms with Crippen LogP contribution in [0.3, 0.4) is 0 Å². The summed E-state index contributed by atoms with van der Waals surface area (Å²) in [6, 6.07) is 9.00. The van der Waals surface area contributed by atoms with Gasteiger partial charge in [0.2, 0.25) is 0 Å². The molecule has 7 heteroatoms. The second-order valence-electron chi connectivity index (χ2n) is 4.35. The monoisotopic (exact) mass is 350 g/mol. The predicted octanol–water partition coefficient (Wildman–Crippen LogP) is 1.38. The van der Waals surface area contributed by atoms with Crippen molar-refractivity contribution in [3.8, 4) is 0 Å². The van der Waals surface area contributed by atoms with Crippen molar-refractivity contribution < 1.29 is 4.79 Å². The highest BCUT2D eigenvalue weighted by atomic mass is 79.9. The quantitative estimate of drug-likeness (QED) is 0.799. The smallest absolute Gasteiger partial charge is 0.282 e. The molecule has 1 aromatic heterocycles. The van der Waals surface area contributed by atoms with Crippen LogP contribution in [-0.2, 0) is 7.05 Å². The Morgan fingerprint density at radius 3 is 2.71 bits per heavy atom. The lowest BCUT2D eigenvalue weighted by atomic mass is 10.2. The zero-order chi connectivity index (χ0) is 15.2. The molecule has 1 heterocycles. The molecule has 0 atom stereocenters. The first-order valence-corrected chi connectivity index (χ1v) is 7.18. The fraction of sp³-hybridized carbons (Fsp3) is 0.214. The summed E-state index contributed by atoms with van der Waals surface area (Å²) in [6.45, 7) is 0.932. The standard InChI is InChI=1S/C14H15BrN4O2/c1-19-14(21)12(15)11(9-18-19)16-7-8-17-13(20)10-5-3-2-4-6-10/h2-6,9,16H,7-8H2,1H3,(H,17,20). The van der Waals surface area contributed by atoms with Crippen LogP contribution in [0.1, 0.15) is 10.4 Å². The van der Waals surface area contributed by atoms with Crippen molar-refractivity contribution >= 4 is 27.5 Å². The van der Waals surface area contributed by atoms with E-state index < -0.39 is 0 Å². The largest absolute Gasteiger partial charge is 0.381 e. The van der Waals surface area contributed by atoms with Crippen LogP contribution in [0.25, 0.3) is 0 Å². The molecule has 2 rings (SSSR count).